The van der Waals surface area contributed by atoms with E-state index in [0.717, 1.165) is 0 Å². The summed E-state index contributed by atoms with van der Waals surface area (Å²) in [5.74, 6) is -1.83. The average Bonchev–Trinajstić information content (AvgIpc) is 1.96. The van der Waals surface area contributed by atoms with E-state index < -0.39 is 18.1 Å². The van der Waals surface area contributed by atoms with Crippen LogP contribution in [0.1, 0.15) is 13.8 Å². The first kappa shape index (κ1) is 12.2. The van der Waals surface area contributed by atoms with Crippen LogP contribution in [-0.2, 0) is 4.79 Å². The summed E-state index contributed by atoms with van der Waals surface area (Å²) in [7, 11) is 0. The van der Waals surface area contributed by atoms with Crippen LogP contribution in [0.25, 0.3) is 0 Å². The van der Waals surface area contributed by atoms with Crippen molar-refractivity contribution in [1.82, 2.24) is 4.90 Å². The maximum atomic E-state index is 12.0. The van der Waals surface area contributed by atoms with Crippen molar-refractivity contribution in [1.29, 1.82) is 0 Å². The van der Waals surface area contributed by atoms with Gasteiger partial charge in [0.05, 0.1) is 0 Å². The molecule has 13 heavy (non-hydrogen) atoms. The summed E-state index contributed by atoms with van der Waals surface area (Å²) < 4.78 is 35.9. The molecule has 0 radical (unpaired) electrons. The molecule has 0 saturated heterocycles. The van der Waals surface area contributed by atoms with Crippen LogP contribution in [-0.4, -0.2) is 36.1 Å². The van der Waals surface area contributed by atoms with E-state index in [1.165, 1.54) is 13.8 Å². The van der Waals surface area contributed by atoms with Crippen LogP contribution in [0.3, 0.4) is 0 Å². The first-order valence-electron chi connectivity index (χ1n) is 3.88. The average molecular weight is 198 g/mol. The number of alkyl halides is 3. The van der Waals surface area contributed by atoms with Crippen molar-refractivity contribution in [3.05, 3.63) is 0 Å². The molecule has 0 spiro atoms. The summed E-state index contributed by atoms with van der Waals surface area (Å²) in [5.41, 5.74) is 5.09. The number of hydrogen-bond acceptors (Lipinski definition) is 2. The molecule has 0 heterocycles. The molecule has 0 atom stereocenters. The molecule has 0 rings (SSSR count). The highest BCUT2D eigenvalue weighted by Gasteiger charge is 2.42. The van der Waals surface area contributed by atoms with E-state index >= 15 is 0 Å². The van der Waals surface area contributed by atoms with Gasteiger partial charge in [0.15, 0.2) is 0 Å². The molecule has 78 valence electrons. The quantitative estimate of drug-likeness (QED) is 0.727. The van der Waals surface area contributed by atoms with Gasteiger partial charge in [-0.15, -0.1) is 0 Å². The van der Waals surface area contributed by atoms with Gasteiger partial charge in [-0.3, -0.25) is 4.79 Å². The van der Waals surface area contributed by atoms with Gasteiger partial charge < -0.3 is 10.6 Å². The van der Waals surface area contributed by atoms with Gasteiger partial charge in [-0.2, -0.15) is 13.2 Å². The van der Waals surface area contributed by atoms with Crippen LogP contribution in [0.5, 0.6) is 0 Å². The molecular formula is C7H13F3N2O. The fraction of sp³-hybridized carbons (Fsp3) is 0.857. The minimum Gasteiger partial charge on any atom is -0.331 e. The number of amides is 1. The van der Waals surface area contributed by atoms with Crippen molar-refractivity contribution in [2.24, 2.45) is 5.73 Å². The van der Waals surface area contributed by atoms with Gasteiger partial charge >= 0.3 is 12.1 Å². The van der Waals surface area contributed by atoms with Gasteiger partial charge in [0, 0.05) is 19.1 Å². The summed E-state index contributed by atoms with van der Waals surface area (Å²) in [4.78, 5) is 11.4. The number of carbonyl (C=O) groups is 1. The number of nitrogens with zero attached hydrogens (tertiary/aromatic N) is 1. The number of nitrogens with two attached hydrogens (primary N) is 1. The normalized spacial score (nSPS) is 11.9. The van der Waals surface area contributed by atoms with Crippen molar-refractivity contribution < 1.29 is 18.0 Å². The zero-order valence-corrected chi connectivity index (χ0v) is 7.56. The molecule has 0 aliphatic carbocycles. The van der Waals surface area contributed by atoms with Crippen molar-refractivity contribution in [3.8, 4) is 0 Å². The van der Waals surface area contributed by atoms with Crippen molar-refractivity contribution in [2.45, 2.75) is 26.1 Å². The van der Waals surface area contributed by atoms with Crippen LogP contribution in [0.2, 0.25) is 0 Å². The molecule has 0 aromatic rings. The second-order valence-corrected chi connectivity index (χ2v) is 2.88. The third kappa shape index (κ3) is 3.63. The minimum atomic E-state index is -4.81. The maximum absolute atomic E-state index is 12.0. The lowest BCUT2D eigenvalue weighted by atomic mass is 10.3. The van der Waals surface area contributed by atoms with Crippen LogP contribution in [0.15, 0.2) is 0 Å². The predicted molar refractivity (Wildman–Crippen MR) is 42.0 cm³/mol. The van der Waals surface area contributed by atoms with Gasteiger partial charge in [0.25, 0.3) is 0 Å². The van der Waals surface area contributed by atoms with E-state index in [1.54, 1.807) is 0 Å². The Morgan fingerprint density at radius 1 is 1.46 bits per heavy atom. The monoisotopic (exact) mass is 198 g/mol. The Bertz CT molecular complexity index is 179. The Kier molecular flexibility index (Phi) is 4.19. The molecule has 0 bridgehead atoms. The number of carbonyl (C=O) groups excluding carboxylic acids is 1. The Morgan fingerprint density at radius 2 is 1.92 bits per heavy atom. The fourth-order valence-electron chi connectivity index (χ4n) is 0.896. The molecule has 3 nitrogen and oxygen atoms in total. The third-order valence-electron chi connectivity index (χ3n) is 1.50. The highest BCUT2D eigenvalue weighted by atomic mass is 19.4. The minimum absolute atomic E-state index is 0.0278. The third-order valence-corrected chi connectivity index (χ3v) is 1.50. The Labute approximate surface area is 74.7 Å². The second kappa shape index (κ2) is 4.45. The molecule has 6 heteroatoms. The van der Waals surface area contributed by atoms with Gasteiger partial charge in [-0.1, -0.05) is 0 Å². The molecule has 0 fully saturated rings. The highest BCUT2D eigenvalue weighted by molar-refractivity contribution is 5.82. The Morgan fingerprint density at radius 3 is 2.15 bits per heavy atom. The molecule has 0 unspecified atom stereocenters. The zero-order valence-electron chi connectivity index (χ0n) is 7.56. The SMILES string of the molecule is CC(C)N(CCN)C(=O)C(F)(F)F. The molecule has 0 aliphatic heterocycles. The second-order valence-electron chi connectivity index (χ2n) is 2.88. The van der Waals surface area contributed by atoms with Gasteiger partial charge in [0.2, 0.25) is 0 Å². The summed E-state index contributed by atoms with van der Waals surface area (Å²) in [6.07, 6.45) is -4.81. The van der Waals surface area contributed by atoms with E-state index in [4.69, 9.17) is 5.73 Å². The highest BCUT2D eigenvalue weighted by Crippen LogP contribution is 2.19. The Hall–Kier alpha value is -0.780. The lowest BCUT2D eigenvalue weighted by Gasteiger charge is -2.26. The maximum Gasteiger partial charge on any atom is 0.471 e. The van der Waals surface area contributed by atoms with Crippen LogP contribution < -0.4 is 5.73 Å². The van der Waals surface area contributed by atoms with E-state index in [0.29, 0.717) is 4.90 Å². The van der Waals surface area contributed by atoms with Crippen molar-refractivity contribution in [3.63, 3.8) is 0 Å². The lowest BCUT2D eigenvalue weighted by molar-refractivity contribution is -0.187. The van der Waals surface area contributed by atoms with Crippen LogP contribution in [0.4, 0.5) is 13.2 Å². The summed E-state index contributed by atoms with van der Waals surface area (Å²) in [6.45, 7) is 2.98. The smallest absolute Gasteiger partial charge is 0.331 e. The molecule has 0 saturated carbocycles. The molecule has 2 N–H and O–H groups in total. The lowest BCUT2D eigenvalue weighted by Crippen LogP contribution is -2.47. The van der Waals surface area contributed by atoms with Crippen molar-refractivity contribution in [2.75, 3.05) is 13.1 Å². The molecule has 0 aliphatic rings. The van der Waals surface area contributed by atoms with Gasteiger partial charge in [-0.25, -0.2) is 0 Å². The van der Waals surface area contributed by atoms with E-state index in [2.05, 4.69) is 0 Å². The number of halogens is 3. The largest absolute Gasteiger partial charge is 0.471 e. The molecule has 0 aromatic carbocycles. The van der Waals surface area contributed by atoms with E-state index in [1.807, 2.05) is 0 Å². The molecule has 1 amide bonds. The summed E-state index contributed by atoms with van der Waals surface area (Å²) in [6, 6.07) is -0.488. The van der Waals surface area contributed by atoms with Gasteiger partial charge in [-0.05, 0) is 13.8 Å². The fourth-order valence-corrected chi connectivity index (χ4v) is 0.896. The summed E-state index contributed by atoms with van der Waals surface area (Å²) >= 11 is 0. The zero-order chi connectivity index (χ0) is 10.6. The first-order chi connectivity index (χ1) is 5.80. The first-order valence-corrected chi connectivity index (χ1v) is 3.88. The molecule has 0 aromatic heterocycles. The van der Waals surface area contributed by atoms with Gasteiger partial charge in [0.1, 0.15) is 0 Å². The standard InChI is InChI=1S/C7H13F3N2O/c1-5(2)12(4-3-11)6(13)7(8,9)10/h5H,3-4,11H2,1-2H3. The Balaban J connectivity index is 4.47. The predicted octanol–water partition coefficient (Wildman–Crippen LogP) is 0.744. The van der Waals surface area contributed by atoms with Crippen LogP contribution in [0, 0.1) is 0 Å². The number of hydrogen-bond donors (Lipinski definition) is 1. The molecular weight excluding hydrogens is 185 g/mol. The summed E-state index contributed by atoms with van der Waals surface area (Å²) in [5, 5.41) is 0. The van der Waals surface area contributed by atoms with E-state index in [9.17, 15) is 18.0 Å². The van der Waals surface area contributed by atoms with Crippen LogP contribution >= 0.6 is 0 Å². The number of rotatable bonds is 3. The topological polar surface area (TPSA) is 46.3 Å². The van der Waals surface area contributed by atoms with Crippen molar-refractivity contribution >= 4 is 5.91 Å². The van der Waals surface area contributed by atoms with E-state index in [-0.39, 0.29) is 13.1 Å².